The molecule has 0 unspecified atom stereocenters. The lowest BCUT2D eigenvalue weighted by molar-refractivity contribution is 0.349. The number of benzene rings is 1. The van der Waals surface area contributed by atoms with Crippen LogP contribution in [0.15, 0.2) is 30.6 Å². The standard InChI is InChI=1S/C16H21N3/c1-16(8-3-2-4-9-16)19-15-6-5-14(17)13-11-18-10-7-12(13)15/h5-7,10-11,19H,2-4,8-9,17H2,1H3. The molecule has 19 heavy (non-hydrogen) atoms. The molecule has 0 bridgehead atoms. The Labute approximate surface area is 114 Å². The van der Waals surface area contributed by atoms with Gasteiger partial charge in [0.25, 0.3) is 0 Å². The van der Waals surface area contributed by atoms with E-state index in [-0.39, 0.29) is 5.54 Å². The monoisotopic (exact) mass is 255 g/mol. The minimum Gasteiger partial charge on any atom is -0.398 e. The summed E-state index contributed by atoms with van der Waals surface area (Å²) in [5.74, 6) is 0. The molecule has 0 spiro atoms. The molecule has 3 N–H and O–H groups in total. The van der Waals surface area contributed by atoms with Crippen LogP contribution in [0.3, 0.4) is 0 Å². The fraction of sp³-hybridized carbons (Fsp3) is 0.438. The molecule has 0 atom stereocenters. The minimum atomic E-state index is 0.213. The van der Waals surface area contributed by atoms with Gasteiger partial charge in [-0.05, 0) is 38.0 Å². The van der Waals surface area contributed by atoms with E-state index < -0.39 is 0 Å². The fourth-order valence-electron chi connectivity index (χ4n) is 3.10. The van der Waals surface area contributed by atoms with Gasteiger partial charge in [-0.25, -0.2) is 0 Å². The van der Waals surface area contributed by atoms with E-state index in [1.165, 1.54) is 43.2 Å². The van der Waals surface area contributed by atoms with E-state index in [1.807, 2.05) is 24.5 Å². The smallest absolute Gasteiger partial charge is 0.0426 e. The molecule has 3 nitrogen and oxygen atoms in total. The van der Waals surface area contributed by atoms with Gasteiger partial charge < -0.3 is 11.1 Å². The molecule has 0 aliphatic heterocycles. The van der Waals surface area contributed by atoms with Gasteiger partial charge in [0.2, 0.25) is 0 Å². The van der Waals surface area contributed by atoms with Crippen molar-refractivity contribution in [2.24, 2.45) is 0 Å². The SMILES string of the molecule is CC1(Nc2ccc(N)c3cnccc23)CCCCC1. The molecule has 1 heterocycles. The van der Waals surface area contributed by atoms with E-state index in [9.17, 15) is 0 Å². The molecule has 3 rings (SSSR count). The van der Waals surface area contributed by atoms with Gasteiger partial charge in [-0.3, -0.25) is 4.98 Å². The van der Waals surface area contributed by atoms with Crippen LogP contribution in [-0.4, -0.2) is 10.5 Å². The maximum absolute atomic E-state index is 6.02. The fourth-order valence-corrected chi connectivity index (χ4v) is 3.10. The van der Waals surface area contributed by atoms with Crippen LogP contribution in [0.4, 0.5) is 11.4 Å². The van der Waals surface area contributed by atoms with Crippen LogP contribution in [0.25, 0.3) is 10.8 Å². The molecule has 1 aromatic heterocycles. The normalized spacial score (nSPS) is 18.4. The van der Waals surface area contributed by atoms with Crippen LogP contribution in [0.1, 0.15) is 39.0 Å². The Morgan fingerprint density at radius 3 is 2.68 bits per heavy atom. The topological polar surface area (TPSA) is 50.9 Å². The lowest BCUT2D eigenvalue weighted by Crippen LogP contribution is -2.36. The van der Waals surface area contributed by atoms with Crippen LogP contribution < -0.4 is 11.1 Å². The zero-order valence-corrected chi connectivity index (χ0v) is 11.4. The Hall–Kier alpha value is -1.77. The Balaban J connectivity index is 1.99. The molecule has 1 saturated carbocycles. The maximum atomic E-state index is 6.02. The Kier molecular flexibility index (Phi) is 3.05. The maximum Gasteiger partial charge on any atom is 0.0426 e. The van der Waals surface area contributed by atoms with Crippen molar-refractivity contribution >= 4 is 22.1 Å². The number of hydrogen-bond acceptors (Lipinski definition) is 3. The third-order valence-corrected chi connectivity index (χ3v) is 4.25. The first kappa shape index (κ1) is 12.3. The van der Waals surface area contributed by atoms with Gasteiger partial charge in [-0.1, -0.05) is 19.3 Å². The minimum absolute atomic E-state index is 0.213. The van der Waals surface area contributed by atoms with Gasteiger partial charge in [0.1, 0.15) is 0 Å². The summed E-state index contributed by atoms with van der Waals surface area (Å²) in [6.45, 7) is 2.33. The van der Waals surface area contributed by atoms with Crippen LogP contribution >= 0.6 is 0 Å². The highest BCUT2D eigenvalue weighted by atomic mass is 15.0. The molecule has 3 heteroatoms. The number of hydrogen-bond donors (Lipinski definition) is 2. The second-order valence-corrected chi connectivity index (χ2v) is 5.87. The molecule has 0 amide bonds. The molecule has 100 valence electrons. The van der Waals surface area contributed by atoms with Crippen LogP contribution in [0, 0.1) is 0 Å². The lowest BCUT2D eigenvalue weighted by atomic mass is 9.83. The van der Waals surface area contributed by atoms with Crippen LogP contribution in [0.2, 0.25) is 0 Å². The average molecular weight is 255 g/mol. The van der Waals surface area contributed by atoms with Crippen molar-refractivity contribution in [1.82, 2.24) is 4.98 Å². The van der Waals surface area contributed by atoms with E-state index in [0.29, 0.717) is 0 Å². The summed E-state index contributed by atoms with van der Waals surface area (Å²) in [5, 5.41) is 5.95. The van der Waals surface area contributed by atoms with Gasteiger partial charge in [0, 0.05) is 40.1 Å². The van der Waals surface area contributed by atoms with Gasteiger partial charge in [0.05, 0.1) is 0 Å². The third kappa shape index (κ3) is 2.37. The summed E-state index contributed by atoms with van der Waals surface area (Å²) in [6.07, 6.45) is 10.2. The number of nitrogens with zero attached hydrogens (tertiary/aromatic N) is 1. The van der Waals surface area contributed by atoms with E-state index in [4.69, 9.17) is 5.73 Å². The van der Waals surface area contributed by atoms with Crippen LogP contribution in [0.5, 0.6) is 0 Å². The van der Waals surface area contributed by atoms with Gasteiger partial charge >= 0.3 is 0 Å². The van der Waals surface area contributed by atoms with E-state index in [1.54, 1.807) is 0 Å². The molecule has 2 aromatic rings. The molecular formula is C16H21N3. The molecule has 0 radical (unpaired) electrons. The summed E-state index contributed by atoms with van der Waals surface area (Å²) >= 11 is 0. The summed E-state index contributed by atoms with van der Waals surface area (Å²) in [7, 11) is 0. The Morgan fingerprint density at radius 2 is 1.89 bits per heavy atom. The van der Waals surface area contributed by atoms with Crippen molar-refractivity contribution in [1.29, 1.82) is 0 Å². The molecule has 1 aliphatic rings. The highest BCUT2D eigenvalue weighted by Crippen LogP contribution is 2.35. The quantitative estimate of drug-likeness (QED) is 0.799. The molecule has 1 aromatic carbocycles. The number of nitrogens with two attached hydrogens (primary N) is 1. The Bertz CT molecular complexity index is 586. The Morgan fingerprint density at radius 1 is 1.11 bits per heavy atom. The van der Waals surface area contributed by atoms with Crippen LogP contribution in [-0.2, 0) is 0 Å². The van der Waals surface area contributed by atoms with Crippen molar-refractivity contribution in [3.63, 3.8) is 0 Å². The van der Waals surface area contributed by atoms with E-state index in [0.717, 1.165) is 11.1 Å². The number of rotatable bonds is 2. The zero-order chi connectivity index (χ0) is 13.3. The average Bonchev–Trinajstić information content (AvgIpc) is 2.43. The highest BCUT2D eigenvalue weighted by Gasteiger charge is 2.26. The molecule has 0 saturated heterocycles. The van der Waals surface area contributed by atoms with Crippen molar-refractivity contribution in [3.8, 4) is 0 Å². The predicted octanol–water partition coefficient (Wildman–Crippen LogP) is 3.95. The number of nitrogen functional groups attached to an aromatic ring is 1. The number of nitrogens with one attached hydrogen (secondary N) is 1. The zero-order valence-electron chi connectivity index (χ0n) is 11.4. The largest absolute Gasteiger partial charge is 0.398 e. The molecule has 1 aliphatic carbocycles. The highest BCUT2D eigenvalue weighted by molar-refractivity contribution is 6.00. The predicted molar refractivity (Wildman–Crippen MR) is 81.3 cm³/mol. The number of aromatic nitrogens is 1. The van der Waals surface area contributed by atoms with Crippen molar-refractivity contribution < 1.29 is 0 Å². The van der Waals surface area contributed by atoms with Gasteiger partial charge in [-0.2, -0.15) is 0 Å². The van der Waals surface area contributed by atoms with Crippen molar-refractivity contribution in [2.75, 3.05) is 11.1 Å². The second kappa shape index (κ2) is 4.72. The number of fused-ring (bicyclic) bond motifs is 1. The first-order chi connectivity index (χ1) is 9.18. The lowest BCUT2D eigenvalue weighted by Gasteiger charge is -2.36. The van der Waals surface area contributed by atoms with Crippen molar-refractivity contribution in [2.45, 2.75) is 44.6 Å². The second-order valence-electron chi connectivity index (χ2n) is 5.87. The summed E-state index contributed by atoms with van der Waals surface area (Å²) in [4.78, 5) is 4.17. The first-order valence-corrected chi connectivity index (χ1v) is 7.08. The molecular weight excluding hydrogens is 234 g/mol. The molecule has 1 fully saturated rings. The van der Waals surface area contributed by atoms with Gasteiger partial charge in [0.15, 0.2) is 0 Å². The third-order valence-electron chi connectivity index (χ3n) is 4.25. The van der Waals surface area contributed by atoms with Crippen molar-refractivity contribution in [3.05, 3.63) is 30.6 Å². The summed E-state index contributed by atoms with van der Waals surface area (Å²) in [6, 6.07) is 6.11. The summed E-state index contributed by atoms with van der Waals surface area (Å²) < 4.78 is 0. The van der Waals surface area contributed by atoms with E-state index >= 15 is 0 Å². The van der Waals surface area contributed by atoms with E-state index in [2.05, 4.69) is 23.3 Å². The summed E-state index contributed by atoms with van der Waals surface area (Å²) in [5.41, 5.74) is 8.21. The number of pyridine rings is 1. The first-order valence-electron chi connectivity index (χ1n) is 7.08. The van der Waals surface area contributed by atoms with Gasteiger partial charge in [-0.15, -0.1) is 0 Å². The number of anilines is 2.